The average molecular weight is 237 g/mol. The van der Waals surface area contributed by atoms with Crippen molar-refractivity contribution in [2.45, 2.75) is 48.0 Å². The molecule has 0 aliphatic carbocycles. The van der Waals surface area contributed by atoms with Crippen LogP contribution in [0.15, 0.2) is 35.5 Å². The Hall–Kier alpha value is -1.31. The van der Waals surface area contributed by atoms with Crippen LogP contribution in [0.1, 0.15) is 48.0 Å². The summed E-state index contributed by atoms with van der Waals surface area (Å²) in [4.78, 5) is 11.4. The van der Waals surface area contributed by atoms with E-state index in [0.29, 0.717) is 0 Å². The molecule has 0 aromatic heterocycles. The van der Waals surface area contributed by atoms with Crippen molar-refractivity contribution in [1.29, 1.82) is 0 Å². The van der Waals surface area contributed by atoms with E-state index in [-0.39, 0.29) is 5.91 Å². The molecule has 1 amide bonds. The van der Waals surface area contributed by atoms with Crippen molar-refractivity contribution in [2.24, 2.45) is 0 Å². The molecular formula is C15H27NO. The van der Waals surface area contributed by atoms with E-state index in [1.165, 1.54) is 5.57 Å². The number of carbonyl (C=O) groups is 1. The highest BCUT2D eigenvalue weighted by Gasteiger charge is 2.17. The summed E-state index contributed by atoms with van der Waals surface area (Å²) in [6.07, 6.45) is 4.57. The third-order valence-corrected chi connectivity index (χ3v) is 2.34. The molecule has 1 rings (SSSR count). The monoisotopic (exact) mass is 237 g/mol. The van der Waals surface area contributed by atoms with Crippen LogP contribution >= 0.6 is 0 Å². The summed E-state index contributed by atoms with van der Waals surface area (Å²) >= 11 is 0. The minimum atomic E-state index is -0.00236. The molecule has 0 radical (unpaired) electrons. The highest BCUT2D eigenvalue weighted by molar-refractivity contribution is 5.98. The number of carbonyl (C=O) groups excluding carboxylic acids is 1. The standard InChI is InChI=1S/C11H15NO.2C2H6/c1-4-8(3)10-6-7-12-11(13)9(10)5-2;2*1-2/h4-5H,2,6-7H2,1,3H3,(H,12,13);2*1-2H3/b8-4-;;. The second kappa shape index (κ2) is 11.2. The van der Waals surface area contributed by atoms with E-state index in [0.717, 1.165) is 24.1 Å². The summed E-state index contributed by atoms with van der Waals surface area (Å²) in [7, 11) is 0. The van der Waals surface area contributed by atoms with Crippen molar-refractivity contribution < 1.29 is 4.79 Å². The summed E-state index contributed by atoms with van der Waals surface area (Å²) in [6, 6.07) is 0. The van der Waals surface area contributed by atoms with E-state index in [1.807, 2.05) is 47.6 Å². The SMILES string of the molecule is C=CC1=C(/C(C)=C\C)CCNC1=O.CC.CC. The molecule has 0 saturated carbocycles. The first-order valence-electron chi connectivity index (χ1n) is 6.47. The average Bonchev–Trinajstić information content (AvgIpc) is 2.42. The topological polar surface area (TPSA) is 29.1 Å². The highest BCUT2D eigenvalue weighted by atomic mass is 16.1. The van der Waals surface area contributed by atoms with E-state index in [1.54, 1.807) is 6.08 Å². The summed E-state index contributed by atoms with van der Waals surface area (Å²) in [5.74, 6) is -0.00236. The van der Waals surface area contributed by atoms with Crippen LogP contribution in [0.2, 0.25) is 0 Å². The van der Waals surface area contributed by atoms with E-state index in [4.69, 9.17) is 0 Å². The molecule has 17 heavy (non-hydrogen) atoms. The van der Waals surface area contributed by atoms with Gasteiger partial charge in [0.05, 0.1) is 0 Å². The second-order valence-corrected chi connectivity index (χ2v) is 3.07. The molecule has 0 spiro atoms. The molecule has 1 N–H and O–H groups in total. The number of amides is 1. The molecule has 0 saturated heterocycles. The van der Waals surface area contributed by atoms with Gasteiger partial charge in [-0.1, -0.05) is 52.0 Å². The Morgan fingerprint density at radius 3 is 2.24 bits per heavy atom. The van der Waals surface area contributed by atoms with Gasteiger partial charge in [-0.05, 0) is 25.8 Å². The molecule has 1 aliphatic rings. The maximum Gasteiger partial charge on any atom is 0.251 e. The van der Waals surface area contributed by atoms with Gasteiger partial charge in [-0.2, -0.15) is 0 Å². The molecular weight excluding hydrogens is 210 g/mol. The first-order valence-corrected chi connectivity index (χ1v) is 6.47. The van der Waals surface area contributed by atoms with Gasteiger partial charge in [-0.15, -0.1) is 0 Å². The molecule has 2 heteroatoms. The number of hydrogen-bond donors (Lipinski definition) is 1. The number of nitrogens with one attached hydrogen (secondary N) is 1. The maximum absolute atomic E-state index is 11.4. The summed E-state index contributed by atoms with van der Waals surface area (Å²) in [5, 5.41) is 2.80. The third-order valence-electron chi connectivity index (χ3n) is 2.34. The number of hydrogen-bond acceptors (Lipinski definition) is 1. The van der Waals surface area contributed by atoms with Crippen molar-refractivity contribution in [2.75, 3.05) is 6.54 Å². The lowest BCUT2D eigenvalue weighted by Gasteiger charge is -2.18. The fourth-order valence-electron chi connectivity index (χ4n) is 1.47. The molecule has 0 aromatic carbocycles. The van der Waals surface area contributed by atoms with Crippen LogP contribution in [0.5, 0.6) is 0 Å². The van der Waals surface area contributed by atoms with Gasteiger partial charge in [0.25, 0.3) is 5.91 Å². The Labute approximate surface area is 106 Å². The molecule has 1 heterocycles. The second-order valence-electron chi connectivity index (χ2n) is 3.07. The Bertz CT molecular complexity index is 298. The Morgan fingerprint density at radius 1 is 1.29 bits per heavy atom. The van der Waals surface area contributed by atoms with E-state index < -0.39 is 0 Å². The fourth-order valence-corrected chi connectivity index (χ4v) is 1.47. The van der Waals surface area contributed by atoms with Gasteiger partial charge in [0.15, 0.2) is 0 Å². The molecule has 2 nitrogen and oxygen atoms in total. The normalized spacial score (nSPS) is 14.9. The molecule has 0 unspecified atom stereocenters. The van der Waals surface area contributed by atoms with Gasteiger partial charge < -0.3 is 5.32 Å². The fraction of sp³-hybridized carbons (Fsp3) is 0.533. The minimum absolute atomic E-state index is 0.00236. The van der Waals surface area contributed by atoms with Gasteiger partial charge in [0.2, 0.25) is 0 Å². The van der Waals surface area contributed by atoms with Crippen molar-refractivity contribution in [3.8, 4) is 0 Å². The van der Waals surface area contributed by atoms with Crippen LogP contribution in [0.4, 0.5) is 0 Å². The Kier molecular flexibility index (Phi) is 11.9. The Balaban J connectivity index is 0. The largest absolute Gasteiger partial charge is 0.352 e. The van der Waals surface area contributed by atoms with Crippen LogP contribution in [-0.2, 0) is 4.79 Å². The third kappa shape index (κ3) is 5.53. The van der Waals surface area contributed by atoms with Crippen molar-refractivity contribution in [3.05, 3.63) is 35.5 Å². The number of allylic oxidation sites excluding steroid dienone is 2. The van der Waals surface area contributed by atoms with Gasteiger partial charge in [0.1, 0.15) is 0 Å². The van der Waals surface area contributed by atoms with Gasteiger partial charge in [0, 0.05) is 12.1 Å². The lowest BCUT2D eigenvalue weighted by molar-refractivity contribution is -0.117. The lowest BCUT2D eigenvalue weighted by atomic mass is 9.94. The number of rotatable bonds is 2. The van der Waals surface area contributed by atoms with Crippen LogP contribution in [0, 0.1) is 0 Å². The van der Waals surface area contributed by atoms with Crippen LogP contribution in [-0.4, -0.2) is 12.5 Å². The Morgan fingerprint density at radius 2 is 1.82 bits per heavy atom. The lowest BCUT2D eigenvalue weighted by Crippen LogP contribution is -2.31. The van der Waals surface area contributed by atoms with E-state index in [2.05, 4.69) is 11.9 Å². The summed E-state index contributed by atoms with van der Waals surface area (Å²) in [5.41, 5.74) is 3.02. The molecule has 0 bridgehead atoms. The van der Waals surface area contributed by atoms with E-state index >= 15 is 0 Å². The van der Waals surface area contributed by atoms with Crippen LogP contribution in [0.3, 0.4) is 0 Å². The highest BCUT2D eigenvalue weighted by Crippen LogP contribution is 2.21. The first-order chi connectivity index (χ1) is 8.20. The van der Waals surface area contributed by atoms with Crippen molar-refractivity contribution in [1.82, 2.24) is 5.32 Å². The van der Waals surface area contributed by atoms with Gasteiger partial charge >= 0.3 is 0 Å². The molecule has 0 atom stereocenters. The van der Waals surface area contributed by atoms with Gasteiger partial charge in [-0.3, -0.25) is 4.79 Å². The zero-order valence-electron chi connectivity index (χ0n) is 12.2. The zero-order chi connectivity index (χ0) is 13.8. The molecule has 0 aromatic rings. The predicted octanol–water partition coefficient (Wildman–Crippen LogP) is 4.01. The molecule has 1 aliphatic heterocycles. The van der Waals surface area contributed by atoms with Gasteiger partial charge in [-0.25, -0.2) is 0 Å². The van der Waals surface area contributed by atoms with Crippen molar-refractivity contribution in [3.63, 3.8) is 0 Å². The van der Waals surface area contributed by atoms with Crippen LogP contribution < -0.4 is 5.32 Å². The predicted molar refractivity (Wildman–Crippen MR) is 77.0 cm³/mol. The quantitative estimate of drug-likeness (QED) is 0.772. The molecule has 98 valence electrons. The van der Waals surface area contributed by atoms with Crippen molar-refractivity contribution >= 4 is 5.91 Å². The first kappa shape index (κ1) is 18.1. The smallest absolute Gasteiger partial charge is 0.251 e. The zero-order valence-corrected chi connectivity index (χ0v) is 12.2. The minimum Gasteiger partial charge on any atom is -0.352 e. The summed E-state index contributed by atoms with van der Waals surface area (Å²) < 4.78 is 0. The maximum atomic E-state index is 11.4. The summed E-state index contributed by atoms with van der Waals surface area (Å²) in [6.45, 7) is 16.4. The van der Waals surface area contributed by atoms with Crippen LogP contribution in [0.25, 0.3) is 0 Å². The van der Waals surface area contributed by atoms with E-state index in [9.17, 15) is 4.79 Å². The molecule has 0 fully saturated rings.